The lowest BCUT2D eigenvalue weighted by molar-refractivity contribution is -0.274. The molecule has 10 heteroatoms. The van der Waals surface area contributed by atoms with Gasteiger partial charge in [0.1, 0.15) is 12.1 Å². The molecule has 0 saturated heterocycles. The average molecular weight is 375 g/mol. The van der Waals surface area contributed by atoms with Crippen LogP contribution in [-0.4, -0.2) is 27.3 Å². The topological polar surface area (TPSA) is 89.0 Å². The molecular weight excluding hydrogens is 363 g/mol. The number of halogens is 3. The molecule has 1 aromatic carbocycles. The van der Waals surface area contributed by atoms with Crippen molar-refractivity contribution in [3.8, 4) is 16.9 Å². The van der Waals surface area contributed by atoms with Crippen molar-refractivity contribution in [2.75, 3.05) is 10.6 Å². The Kier molecular flexibility index (Phi) is 5.15. The highest BCUT2D eigenvalue weighted by Crippen LogP contribution is 2.34. The van der Waals surface area contributed by atoms with Crippen LogP contribution in [0.2, 0.25) is 0 Å². The number of benzene rings is 1. The number of anilines is 2. The number of aromatic nitrogens is 3. The highest BCUT2D eigenvalue weighted by molar-refractivity contribution is 6.00. The summed E-state index contributed by atoms with van der Waals surface area (Å²) >= 11 is 0. The predicted molar refractivity (Wildman–Crippen MR) is 91.0 cm³/mol. The van der Waals surface area contributed by atoms with Gasteiger partial charge in [0, 0.05) is 24.2 Å². The molecule has 2 N–H and O–H groups in total. The van der Waals surface area contributed by atoms with E-state index in [0.29, 0.717) is 11.1 Å². The van der Waals surface area contributed by atoms with Crippen LogP contribution in [0.5, 0.6) is 5.75 Å². The van der Waals surface area contributed by atoms with Crippen molar-refractivity contribution < 1.29 is 22.7 Å². The molecule has 2 heterocycles. The molecule has 0 aliphatic carbocycles. The van der Waals surface area contributed by atoms with Gasteiger partial charge in [-0.15, -0.1) is 13.2 Å². The monoisotopic (exact) mass is 375 g/mol. The molecule has 0 radical (unpaired) electrons. The fourth-order valence-electron chi connectivity index (χ4n) is 2.18. The summed E-state index contributed by atoms with van der Waals surface area (Å²) in [5.74, 6) is -0.319. The third-order valence-electron chi connectivity index (χ3n) is 3.25. The first-order chi connectivity index (χ1) is 12.9. The molecule has 2 amide bonds. The highest BCUT2D eigenvalue weighted by Gasteiger charge is 2.32. The van der Waals surface area contributed by atoms with E-state index in [1.807, 2.05) is 0 Å². The van der Waals surface area contributed by atoms with E-state index < -0.39 is 18.1 Å². The maximum absolute atomic E-state index is 12.6. The zero-order valence-electron chi connectivity index (χ0n) is 13.6. The molecular formula is C17H12F3N5O2. The molecule has 0 aliphatic heterocycles. The largest absolute Gasteiger partial charge is 0.573 e. The normalized spacial score (nSPS) is 10.9. The first-order valence-electron chi connectivity index (χ1n) is 7.55. The molecule has 0 unspecified atom stereocenters. The number of hydrogen-bond acceptors (Lipinski definition) is 5. The van der Waals surface area contributed by atoms with E-state index in [2.05, 4.69) is 30.3 Å². The van der Waals surface area contributed by atoms with Gasteiger partial charge in [-0.3, -0.25) is 5.32 Å². The summed E-state index contributed by atoms with van der Waals surface area (Å²) in [4.78, 5) is 23.7. The van der Waals surface area contributed by atoms with Gasteiger partial charge in [0.25, 0.3) is 0 Å². The fraction of sp³-hybridized carbons (Fsp3) is 0.0588. The fourth-order valence-corrected chi connectivity index (χ4v) is 2.18. The Balaban J connectivity index is 1.88. The molecule has 3 aromatic rings. The van der Waals surface area contributed by atoms with Gasteiger partial charge in [-0.2, -0.15) is 0 Å². The zero-order valence-corrected chi connectivity index (χ0v) is 13.6. The van der Waals surface area contributed by atoms with Crippen molar-refractivity contribution >= 4 is 17.5 Å². The minimum atomic E-state index is -4.91. The summed E-state index contributed by atoms with van der Waals surface area (Å²) in [6.45, 7) is 0. The predicted octanol–water partition coefficient (Wildman–Crippen LogP) is 4.08. The number of ether oxygens (including phenoxy) is 1. The zero-order chi connectivity index (χ0) is 19.3. The van der Waals surface area contributed by atoms with Crippen molar-refractivity contribution in [1.29, 1.82) is 0 Å². The third kappa shape index (κ3) is 5.14. The van der Waals surface area contributed by atoms with E-state index in [4.69, 9.17) is 0 Å². The SMILES string of the molecule is O=C(Nc1ccccn1)Nc1cc(-c2cncnc2)ccc1OC(F)(F)F. The standard InChI is InChI=1S/C17H12F3N5O2/c18-17(19,20)27-14-5-4-11(12-8-21-10-22-9-12)7-13(14)24-16(26)25-15-3-1-2-6-23-15/h1-10H,(H2,23,24,25,26). The minimum absolute atomic E-state index is 0.179. The van der Waals surface area contributed by atoms with E-state index in [1.165, 1.54) is 43.1 Å². The molecule has 0 saturated carbocycles. The summed E-state index contributed by atoms with van der Waals surface area (Å²) in [6.07, 6.45) is 0.855. The molecule has 7 nitrogen and oxygen atoms in total. The molecule has 0 bridgehead atoms. The lowest BCUT2D eigenvalue weighted by Gasteiger charge is -2.15. The summed E-state index contributed by atoms with van der Waals surface area (Å²) in [5, 5.41) is 4.75. The Morgan fingerprint density at radius 3 is 2.44 bits per heavy atom. The summed E-state index contributed by atoms with van der Waals surface area (Å²) in [5.41, 5.74) is 0.879. The van der Waals surface area contributed by atoms with Crippen molar-refractivity contribution in [3.05, 3.63) is 61.3 Å². The quantitative estimate of drug-likeness (QED) is 0.717. The molecule has 0 atom stereocenters. The number of hydrogen-bond donors (Lipinski definition) is 2. The van der Waals surface area contributed by atoms with E-state index in [-0.39, 0.29) is 11.5 Å². The number of nitrogens with one attached hydrogen (secondary N) is 2. The molecule has 0 fully saturated rings. The number of amides is 2. The lowest BCUT2D eigenvalue weighted by Crippen LogP contribution is -2.22. The van der Waals surface area contributed by atoms with Crippen LogP contribution >= 0.6 is 0 Å². The summed E-state index contributed by atoms with van der Waals surface area (Å²) in [7, 11) is 0. The summed E-state index contributed by atoms with van der Waals surface area (Å²) in [6, 6.07) is 7.90. The van der Waals surface area contributed by atoms with E-state index >= 15 is 0 Å². The Bertz CT molecular complexity index is 921. The second-order valence-electron chi connectivity index (χ2n) is 5.18. The van der Waals surface area contributed by atoms with Crippen LogP contribution in [0.15, 0.2) is 61.3 Å². The molecule has 138 valence electrons. The number of urea groups is 1. The number of nitrogens with zero attached hydrogens (tertiary/aromatic N) is 3. The maximum Gasteiger partial charge on any atom is 0.573 e. The van der Waals surface area contributed by atoms with Crippen LogP contribution in [0.4, 0.5) is 29.5 Å². The molecule has 2 aromatic heterocycles. The van der Waals surface area contributed by atoms with Gasteiger partial charge in [0.15, 0.2) is 5.75 Å². The highest BCUT2D eigenvalue weighted by atomic mass is 19.4. The lowest BCUT2D eigenvalue weighted by atomic mass is 10.1. The van der Waals surface area contributed by atoms with Gasteiger partial charge in [0.2, 0.25) is 0 Å². The number of carbonyl (C=O) groups excluding carboxylic acids is 1. The van der Waals surface area contributed by atoms with Gasteiger partial charge in [-0.25, -0.2) is 19.7 Å². The van der Waals surface area contributed by atoms with Crippen molar-refractivity contribution in [2.45, 2.75) is 6.36 Å². The number of pyridine rings is 1. The molecule has 27 heavy (non-hydrogen) atoms. The van der Waals surface area contributed by atoms with Gasteiger partial charge in [-0.1, -0.05) is 12.1 Å². The van der Waals surface area contributed by atoms with Crippen molar-refractivity contribution in [3.63, 3.8) is 0 Å². The second-order valence-corrected chi connectivity index (χ2v) is 5.18. The van der Waals surface area contributed by atoms with E-state index in [1.54, 1.807) is 12.1 Å². The molecule has 0 aliphatic rings. The third-order valence-corrected chi connectivity index (χ3v) is 3.25. The van der Waals surface area contributed by atoms with E-state index in [9.17, 15) is 18.0 Å². The van der Waals surface area contributed by atoms with Crippen LogP contribution in [0, 0.1) is 0 Å². The van der Waals surface area contributed by atoms with Crippen LogP contribution in [0.25, 0.3) is 11.1 Å². The van der Waals surface area contributed by atoms with E-state index in [0.717, 1.165) is 6.07 Å². The van der Waals surface area contributed by atoms with Crippen LogP contribution < -0.4 is 15.4 Å². The molecule has 3 rings (SSSR count). The maximum atomic E-state index is 12.6. The van der Waals surface area contributed by atoms with Crippen molar-refractivity contribution in [2.24, 2.45) is 0 Å². The van der Waals surface area contributed by atoms with Gasteiger partial charge >= 0.3 is 12.4 Å². The van der Waals surface area contributed by atoms with Gasteiger partial charge < -0.3 is 10.1 Å². The Morgan fingerprint density at radius 1 is 1.00 bits per heavy atom. The van der Waals surface area contributed by atoms with Gasteiger partial charge in [-0.05, 0) is 29.8 Å². The van der Waals surface area contributed by atoms with Crippen LogP contribution in [0.3, 0.4) is 0 Å². The first-order valence-corrected chi connectivity index (χ1v) is 7.55. The minimum Gasteiger partial charge on any atom is -0.404 e. The van der Waals surface area contributed by atoms with Gasteiger partial charge in [0.05, 0.1) is 5.69 Å². The number of carbonyl (C=O) groups is 1. The van der Waals surface area contributed by atoms with Crippen LogP contribution in [0.1, 0.15) is 0 Å². The molecule has 0 spiro atoms. The average Bonchev–Trinajstić information content (AvgIpc) is 2.63. The first kappa shape index (κ1) is 18.1. The second kappa shape index (κ2) is 7.68. The summed E-state index contributed by atoms with van der Waals surface area (Å²) < 4.78 is 41.9. The number of alkyl halides is 3. The Hall–Kier alpha value is -3.69. The Labute approximate surface area is 151 Å². The van der Waals surface area contributed by atoms with Crippen LogP contribution in [-0.2, 0) is 0 Å². The number of rotatable bonds is 4. The Morgan fingerprint density at radius 2 is 1.78 bits per heavy atom. The smallest absolute Gasteiger partial charge is 0.404 e. The van der Waals surface area contributed by atoms with Crippen molar-refractivity contribution in [1.82, 2.24) is 15.0 Å².